The average molecular weight is 486 g/mol. The topological polar surface area (TPSA) is 89.4 Å². The zero-order chi connectivity index (χ0) is 25.8. The maximum atomic E-state index is 13.9. The maximum absolute atomic E-state index is 13.9. The molecule has 0 radical (unpaired) electrons. The second-order valence-electron chi connectivity index (χ2n) is 12.5. The van der Waals surface area contributed by atoms with E-state index in [-0.39, 0.29) is 40.4 Å². The Morgan fingerprint density at radius 2 is 1.33 bits per heavy atom. The van der Waals surface area contributed by atoms with Crippen LogP contribution in [0.4, 0.5) is 5.69 Å². The number of nitrogens with zero attached hydrogens (tertiary/aromatic N) is 1. The molecule has 3 aliphatic rings. The van der Waals surface area contributed by atoms with Crippen LogP contribution in [-0.2, 0) is 22.7 Å². The van der Waals surface area contributed by atoms with E-state index >= 15 is 0 Å². The molecule has 2 saturated carbocycles. The zero-order valence-electron chi connectivity index (χ0n) is 22.0. The van der Waals surface area contributed by atoms with Gasteiger partial charge in [-0.3, -0.25) is 9.59 Å². The van der Waals surface area contributed by atoms with E-state index in [4.69, 9.17) is 11.5 Å². The molecule has 0 bridgehead atoms. The van der Waals surface area contributed by atoms with Crippen molar-refractivity contribution in [1.82, 2.24) is 0 Å². The Balaban J connectivity index is 1.76. The molecular weight excluding hydrogens is 446 g/mol. The Morgan fingerprint density at radius 3 is 1.92 bits per heavy atom. The molecule has 2 aromatic rings. The third-order valence-electron chi connectivity index (χ3n) is 8.43. The molecule has 2 aromatic carbocycles. The molecule has 190 valence electrons. The number of ketones is 2. The molecule has 3 unspecified atom stereocenters. The number of Topliss-reactive ketones (excluding diaryl/α,β-unsaturated/α-hetero) is 2. The summed E-state index contributed by atoms with van der Waals surface area (Å²) in [5, 5.41) is 0. The van der Waals surface area contributed by atoms with Crippen molar-refractivity contribution in [2.45, 2.75) is 78.6 Å². The van der Waals surface area contributed by atoms with Crippen LogP contribution in [-0.4, -0.2) is 23.7 Å². The predicted molar refractivity (Wildman–Crippen MR) is 145 cm³/mol. The molecule has 0 amide bonds. The summed E-state index contributed by atoms with van der Waals surface area (Å²) < 4.78 is 0. The molecule has 3 atom stereocenters. The van der Waals surface area contributed by atoms with Crippen LogP contribution >= 0.6 is 0 Å². The van der Waals surface area contributed by atoms with Crippen molar-refractivity contribution in [3.8, 4) is 0 Å². The van der Waals surface area contributed by atoms with Crippen LogP contribution in [0.15, 0.2) is 54.1 Å². The molecule has 0 saturated heterocycles. The quantitative estimate of drug-likeness (QED) is 0.635. The maximum Gasteiger partial charge on any atom is 0.161 e. The van der Waals surface area contributed by atoms with E-state index < -0.39 is 0 Å². The lowest BCUT2D eigenvalue weighted by Gasteiger charge is -2.56. The minimum atomic E-state index is -0.327. The van der Waals surface area contributed by atoms with E-state index in [1.54, 1.807) is 0 Å². The average Bonchev–Trinajstić information content (AvgIpc) is 2.81. The van der Waals surface area contributed by atoms with Crippen LogP contribution in [0.1, 0.15) is 70.1 Å². The van der Waals surface area contributed by atoms with Crippen LogP contribution in [0.25, 0.3) is 5.57 Å². The summed E-state index contributed by atoms with van der Waals surface area (Å²) in [6.45, 7) is 9.72. The molecule has 5 rings (SSSR count). The molecule has 2 aliphatic carbocycles. The lowest BCUT2D eigenvalue weighted by atomic mass is 9.59. The van der Waals surface area contributed by atoms with E-state index in [0.29, 0.717) is 25.9 Å². The van der Waals surface area contributed by atoms with Crippen molar-refractivity contribution in [2.24, 2.45) is 28.2 Å². The highest BCUT2D eigenvalue weighted by Gasteiger charge is 2.54. The van der Waals surface area contributed by atoms with Crippen LogP contribution < -0.4 is 16.4 Å². The minimum Gasteiger partial charge on any atom is -0.360 e. The van der Waals surface area contributed by atoms with Crippen molar-refractivity contribution in [3.63, 3.8) is 0 Å². The largest absolute Gasteiger partial charge is 0.360 e. The van der Waals surface area contributed by atoms with Gasteiger partial charge in [-0.25, -0.2) is 0 Å². The molecular formula is C31H39N3O2. The molecule has 2 fully saturated rings. The molecule has 0 aromatic heterocycles. The number of carbonyl (C=O) groups excluding carboxylic acids is 2. The lowest BCUT2D eigenvalue weighted by molar-refractivity contribution is -0.126. The summed E-state index contributed by atoms with van der Waals surface area (Å²) in [5.41, 5.74) is 17.5. The smallest absolute Gasteiger partial charge is 0.161 e. The first-order valence-corrected chi connectivity index (χ1v) is 13.2. The number of fused-ring (bicyclic) bond motifs is 2. The second kappa shape index (κ2) is 8.97. The van der Waals surface area contributed by atoms with Gasteiger partial charge < -0.3 is 16.4 Å². The van der Waals surface area contributed by atoms with E-state index in [0.717, 1.165) is 46.4 Å². The van der Waals surface area contributed by atoms with Gasteiger partial charge in [0.2, 0.25) is 0 Å². The summed E-state index contributed by atoms with van der Waals surface area (Å²) in [5.74, 6) is 0.0856. The summed E-state index contributed by atoms with van der Waals surface area (Å²) in [4.78, 5) is 30.3. The Labute approximate surface area is 214 Å². The summed E-state index contributed by atoms with van der Waals surface area (Å²) >= 11 is 0. The van der Waals surface area contributed by atoms with Crippen LogP contribution in [0.2, 0.25) is 0 Å². The fourth-order valence-electron chi connectivity index (χ4n) is 6.87. The summed E-state index contributed by atoms with van der Waals surface area (Å²) in [6, 6.07) is 16.5. The van der Waals surface area contributed by atoms with Crippen LogP contribution in [0.5, 0.6) is 0 Å². The summed E-state index contributed by atoms with van der Waals surface area (Å²) in [7, 11) is 0. The fraction of sp³-hybridized carbons (Fsp3) is 0.484. The van der Waals surface area contributed by atoms with Gasteiger partial charge in [-0.1, -0.05) is 64.1 Å². The zero-order valence-corrected chi connectivity index (χ0v) is 22.0. The molecule has 0 spiro atoms. The number of nitrogens with two attached hydrogens (primary N) is 2. The van der Waals surface area contributed by atoms with E-state index in [1.807, 2.05) is 12.1 Å². The van der Waals surface area contributed by atoms with Crippen molar-refractivity contribution in [1.29, 1.82) is 0 Å². The third kappa shape index (κ3) is 4.33. The first-order valence-electron chi connectivity index (χ1n) is 13.2. The molecule has 1 heterocycles. The normalized spacial score (nSPS) is 27.1. The molecule has 36 heavy (non-hydrogen) atoms. The standard InChI is InChI=1S/C31H39N3O2/c1-30(2)13-23-28(25(35)15-30)27(21-9-5-19(17-32)6-10-21)29-24(14-31(3,4)16-26(29)36)34(23)22-11-7-20(18-33)8-12-22/h5-12,23-24,28H,13-18,32-33H2,1-4H3. The SMILES string of the molecule is CC1(C)CC(=O)C2=C(c3ccc(CN)cc3)C3C(=O)CC(C)(C)CC3N(c3ccc(CN)cc3)C2C1. The number of hydrogen-bond donors (Lipinski definition) is 2. The van der Waals surface area contributed by atoms with E-state index in [9.17, 15) is 9.59 Å². The van der Waals surface area contributed by atoms with Gasteiger partial charge in [0.05, 0.1) is 12.0 Å². The van der Waals surface area contributed by atoms with Crippen molar-refractivity contribution < 1.29 is 9.59 Å². The highest BCUT2D eigenvalue weighted by Crippen LogP contribution is 2.54. The van der Waals surface area contributed by atoms with Crippen molar-refractivity contribution in [3.05, 3.63) is 70.8 Å². The van der Waals surface area contributed by atoms with Crippen molar-refractivity contribution in [2.75, 3.05) is 4.90 Å². The van der Waals surface area contributed by atoms with Crippen molar-refractivity contribution >= 4 is 22.8 Å². The van der Waals surface area contributed by atoms with Crippen LogP contribution in [0.3, 0.4) is 0 Å². The van der Waals surface area contributed by atoms with E-state index in [2.05, 4.69) is 69.0 Å². The lowest BCUT2D eigenvalue weighted by Crippen LogP contribution is -2.61. The molecule has 5 heteroatoms. The van der Waals surface area contributed by atoms with Gasteiger partial charge >= 0.3 is 0 Å². The van der Waals surface area contributed by atoms with Gasteiger partial charge in [0.15, 0.2) is 5.78 Å². The fourth-order valence-corrected chi connectivity index (χ4v) is 6.87. The Kier molecular flexibility index (Phi) is 6.20. The molecule has 1 aliphatic heterocycles. The third-order valence-corrected chi connectivity index (χ3v) is 8.43. The second-order valence-corrected chi connectivity index (χ2v) is 12.5. The number of anilines is 1. The molecule has 4 N–H and O–H groups in total. The summed E-state index contributed by atoms with van der Waals surface area (Å²) in [6.07, 6.45) is 2.79. The van der Waals surface area contributed by atoms with Gasteiger partial charge in [0, 0.05) is 43.2 Å². The highest BCUT2D eigenvalue weighted by atomic mass is 16.1. The highest BCUT2D eigenvalue weighted by molar-refractivity contribution is 6.11. The number of rotatable bonds is 4. The Bertz CT molecular complexity index is 1210. The molecule has 5 nitrogen and oxygen atoms in total. The van der Waals surface area contributed by atoms with Crippen LogP contribution in [0, 0.1) is 16.7 Å². The number of carbonyl (C=O) groups is 2. The first-order chi connectivity index (χ1) is 17.0. The minimum absolute atomic E-state index is 0.00962. The van der Waals surface area contributed by atoms with Gasteiger partial charge in [-0.2, -0.15) is 0 Å². The van der Waals surface area contributed by atoms with Gasteiger partial charge in [-0.05, 0) is 58.1 Å². The number of hydrogen-bond acceptors (Lipinski definition) is 5. The Morgan fingerprint density at radius 1 is 0.778 bits per heavy atom. The Hall–Kier alpha value is -2.76. The van der Waals surface area contributed by atoms with Gasteiger partial charge in [-0.15, -0.1) is 0 Å². The predicted octanol–water partition coefficient (Wildman–Crippen LogP) is 5.01. The first kappa shape index (κ1) is 24.9. The number of benzene rings is 2. The van der Waals surface area contributed by atoms with Gasteiger partial charge in [0.1, 0.15) is 5.78 Å². The van der Waals surface area contributed by atoms with E-state index in [1.165, 1.54) is 0 Å². The monoisotopic (exact) mass is 485 g/mol. The van der Waals surface area contributed by atoms with Gasteiger partial charge in [0.25, 0.3) is 0 Å².